The quantitative estimate of drug-likeness (QED) is 0.271. The van der Waals surface area contributed by atoms with Crippen molar-refractivity contribution in [3.8, 4) is 23.2 Å². The van der Waals surface area contributed by atoms with Gasteiger partial charge in [0, 0.05) is 60.3 Å². The van der Waals surface area contributed by atoms with E-state index in [1.165, 1.54) is 11.3 Å². The van der Waals surface area contributed by atoms with E-state index >= 15 is 4.39 Å². The Hall–Kier alpha value is -3.67. The van der Waals surface area contributed by atoms with Crippen LogP contribution in [0.25, 0.3) is 32.1 Å². The number of aliphatic hydroxyl groups excluding tert-OH is 1. The van der Waals surface area contributed by atoms with Gasteiger partial charge in [-0.15, -0.1) is 11.3 Å². The van der Waals surface area contributed by atoms with Crippen molar-refractivity contribution in [2.24, 2.45) is 0 Å². The molecule has 10 nitrogen and oxygen atoms in total. The number of nitriles is 1. The van der Waals surface area contributed by atoms with E-state index in [9.17, 15) is 14.8 Å². The number of likely N-dealkylation sites (tertiary alicyclic amines) is 1. The molecule has 5 aliphatic rings. The number of β-amino-alcohol motifs (C(OH)–C–C–N with tert-alkyl or cyclic N) is 1. The number of alkyl halides is 1. The first-order chi connectivity index (χ1) is 23.7. The molecule has 4 aromatic rings. The number of nitrogens with zero attached hydrogens (tertiary/aromatic N) is 6. The van der Waals surface area contributed by atoms with Gasteiger partial charge in [-0.25, -0.2) is 8.78 Å². The number of nitrogen functional groups attached to an aromatic ring is 1. The van der Waals surface area contributed by atoms with Crippen molar-refractivity contribution in [3.05, 3.63) is 40.7 Å². The fourth-order valence-electron chi connectivity index (χ4n) is 9.52. The Kier molecular flexibility index (Phi) is 7.48. The summed E-state index contributed by atoms with van der Waals surface area (Å²) in [5, 5.41) is 21.8. The van der Waals surface area contributed by atoms with Gasteiger partial charge in [0.15, 0.2) is 5.82 Å². The van der Waals surface area contributed by atoms with Gasteiger partial charge in [-0.05, 0) is 61.9 Å². The standard InChI is InChI=1S/C36H39F2N7O3S/c1-19(46)12-43-14-21-6-7-22(15-43)45(21)34-30-26-17-47-16-25(26)29(23-4-2-5-27-28(23)24(11-39)33(40)49-27)31(38)32(30)41-35(42-34)48-18-36-8-3-9-44(36)13-20(37)10-36/h2,4-5,19-22,46H,3,6-10,12-18,40H2,1H3/t19-,20+,21?,22?,36-/m0/s1. The van der Waals surface area contributed by atoms with Gasteiger partial charge in [0.25, 0.3) is 0 Å². The van der Waals surface area contributed by atoms with E-state index < -0.39 is 23.6 Å². The highest BCUT2D eigenvalue weighted by Crippen LogP contribution is 2.49. The van der Waals surface area contributed by atoms with Gasteiger partial charge in [-0.3, -0.25) is 9.80 Å². The molecule has 2 bridgehead atoms. The number of aromatic nitrogens is 2. The third-order valence-corrected chi connectivity index (χ3v) is 12.4. The third-order valence-electron chi connectivity index (χ3n) is 11.4. The van der Waals surface area contributed by atoms with Gasteiger partial charge < -0.3 is 25.2 Å². The molecule has 0 spiro atoms. The van der Waals surface area contributed by atoms with Crippen molar-refractivity contribution in [3.63, 3.8) is 0 Å². The lowest BCUT2D eigenvalue weighted by molar-refractivity contribution is 0.107. The number of aliphatic hydroxyl groups is 1. The number of ether oxygens (including phenoxy) is 2. The van der Waals surface area contributed by atoms with E-state index in [1.807, 2.05) is 25.1 Å². The number of hydrogen-bond acceptors (Lipinski definition) is 11. The fourth-order valence-corrected chi connectivity index (χ4v) is 10.5. The molecule has 5 aliphatic heterocycles. The summed E-state index contributed by atoms with van der Waals surface area (Å²) in [4.78, 5) is 16.7. The maximum absolute atomic E-state index is 17.5. The van der Waals surface area contributed by atoms with Crippen LogP contribution in [-0.4, -0.2) is 94.1 Å². The maximum atomic E-state index is 17.5. The molecule has 4 saturated heterocycles. The van der Waals surface area contributed by atoms with Crippen LogP contribution in [0.15, 0.2) is 18.2 Å². The largest absolute Gasteiger partial charge is 0.461 e. The first-order valence-corrected chi connectivity index (χ1v) is 18.1. The van der Waals surface area contributed by atoms with Crippen LogP contribution in [-0.2, 0) is 18.0 Å². The molecule has 2 aromatic carbocycles. The lowest BCUT2D eigenvalue weighted by Crippen LogP contribution is -2.55. The normalized spacial score (nSPS) is 27.2. The number of benzene rings is 2. The molecule has 7 heterocycles. The van der Waals surface area contributed by atoms with Crippen molar-refractivity contribution in [2.45, 2.75) is 82.1 Å². The zero-order valence-electron chi connectivity index (χ0n) is 27.4. The van der Waals surface area contributed by atoms with Crippen LogP contribution in [0.1, 0.15) is 55.7 Å². The highest BCUT2D eigenvalue weighted by Gasteiger charge is 2.50. The summed E-state index contributed by atoms with van der Waals surface area (Å²) < 4.78 is 45.4. The van der Waals surface area contributed by atoms with Gasteiger partial charge in [-0.2, -0.15) is 15.2 Å². The molecule has 13 heteroatoms. The van der Waals surface area contributed by atoms with Gasteiger partial charge in [0.2, 0.25) is 0 Å². The minimum atomic E-state index is -0.903. The molecule has 256 valence electrons. The lowest BCUT2D eigenvalue weighted by atomic mass is 9.90. The number of nitrogens with two attached hydrogens (primary N) is 1. The number of halogens is 2. The monoisotopic (exact) mass is 687 g/mol. The van der Waals surface area contributed by atoms with E-state index in [1.54, 1.807) is 0 Å². The molecule has 3 N–H and O–H groups in total. The molecule has 5 atom stereocenters. The van der Waals surface area contributed by atoms with E-state index in [-0.39, 0.29) is 43.4 Å². The van der Waals surface area contributed by atoms with Gasteiger partial charge in [0.1, 0.15) is 35.2 Å². The van der Waals surface area contributed by atoms with Crippen molar-refractivity contribution < 1.29 is 23.4 Å². The predicted molar refractivity (Wildman–Crippen MR) is 184 cm³/mol. The topological polar surface area (TPSA) is 124 Å². The summed E-state index contributed by atoms with van der Waals surface area (Å²) in [5.74, 6) is 0.127. The molecule has 0 aliphatic carbocycles. The fraction of sp³-hybridized carbons (Fsp3) is 0.528. The Morgan fingerprint density at radius 3 is 2.76 bits per heavy atom. The lowest BCUT2D eigenvalue weighted by Gasteiger charge is -2.42. The van der Waals surface area contributed by atoms with Crippen LogP contribution in [0, 0.1) is 17.1 Å². The van der Waals surface area contributed by atoms with Gasteiger partial charge in [0.05, 0.1) is 35.8 Å². The van der Waals surface area contributed by atoms with Gasteiger partial charge in [-0.1, -0.05) is 12.1 Å². The zero-order valence-corrected chi connectivity index (χ0v) is 28.2. The molecular formula is C36H39F2N7O3S. The van der Waals surface area contributed by atoms with Crippen LogP contribution < -0.4 is 15.4 Å². The van der Waals surface area contributed by atoms with Crippen LogP contribution in [0.4, 0.5) is 19.6 Å². The van der Waals surface area contributed by atoms with Crippen LogP contribution >= 0.6 is 11.3 Å². The summed E-state index contributed by atoms with van der Waals surface area (Å²) in [6.07, 6.45) is 2.79. The first-order valence-electron chi connectivity index (χ1n) is 17.3. The summed E-state index contributed by atoms with van der Waals surface area (Å²) in [6, 6.07) is 8.15. The number of hydrogen-bond donors (Lipinski definition) is 2. The van der Waals surface area contributed by atoms with Crippen molar-refractivity contribution in [1.82, 2.24) is 19.8 Å². The first kappa shape index (κ1) is 31.3. The second kappa shape index (κ2) is 11.7. The smallest absolute Gasteiger partial charge is 0.319 e. The van der Waals surface area contributed by atoms with Crippen molar-refractivity contribution >= 4 is 43.1 Å². The average molecular weight is 688 g/mol. The summed E-state index contributed by atoms with van der Waals surface area (Å²) >= 11 is 1.31. The summed E-state index contributed by atoms with van der Waals surface area (Å²) in [7, 11) is 0. The maximum Gasteiger partial charge on any atom is 0.319 e. The van der Waals surface area contributed by atoms with Crippen LogP contribution in [0.5, 0.6) is 6.01 Å². The number of fused-ring (bicyclic) bond motifs is 7. The Balaban J connectivity index is 1.23. The van der Waals surface area contributed by atoms with E-state index in [0.717, 1.165) is 61.1 Å². The van der Waals surface area contributed by atoms with E-state index in [0.29, 0.717) is 57.8 Å². The SMILES string of the molecule is C[C@H](O)CN1CC2CCC(C1)N2c1nc(OC[C@@]23CCCN2C[C@H](F)C3)nc2c(F)c(-c3cccc4sc(N)c(C#N)c34)c3c(c12)COC3. The summed E-state index contributed by atoms with van der Waals surface area (Å²) in [6.45, 7) is 5.88. The summed E-state index contributed by atoms with van der Waals surface area (Å²) in [5.41, 5.74) is 8.85. The highest BCUT2D eigenvalue weighted by atomic mass is 32.1. The Morgan fingerprint density at radius 1 is 1.18 bits per heavy atom. The average Bonchev–Trinajstić information content (AvgIpc) is 3.87. The van der Waals surface area contributed by atoms with Crippen LogP contribution in [0.3, 0.4) is 0 Å². The number of thiophene rings is 1. The molecule has 49 heavy (non-hydrogen) atoms. The number of piperazine rings is 1. The molecule has 2 aromatic heterocycles. The highest BCUT2D eigenvalue weighted by molar-refractivity contribution is 7.23. The van der Waals surface area contributed by atoms with E-state index in [4.69, 9.17) is 25.2 Å². The minimum absolute atomic E-state index is 0.0799. The van der Waals surface area contributed by atoms with Crippen molar-refractivity contribution in [2.75, 3.05) is 50.0 Å². The Morgan fingerprint density at radius 2 is 1.98 bits per heavy atom. The second-order valence-electron chi connectivity index (χ2n) is 14.5. The van der Waals surface area contributed by atoms with E-state index in [2.05, 4.69) is 20.8 Å². The number of rotatable bonds is 7. The molecule has 4 fully saturated rings. The van der Waals surface area contributed by atoms with Gasteiger partial charge >= 0.3 is 6.01 Å². The molecule has 9 rings (SSSR count). The molecule has 0 saturated carbocycles. The predicted octanol–water partition coefficient (Wildman–Crippen LogP) is 5.12. The molecular weight excluding hydrogens is 649 g/mol. The van der Waals surface area contributed by atoms with Crippen LogP contribution in [0.2, 0.25) is 0 Å². The van der Waals surface area contributed by atoms with Crippen molar-refractivity contribution in [1.29, 1.82) is 5.26 Å². The number of anilines is 2. The zero-order chi connectivity index (χ0) is 33.6. The Labute approximate surface area is 287 Å². The Bertz CT molecular complexity index is 2020. The molecule has 0 radical (unpaired) electrons. The second-order valence-corrected chi connectivity index (χ2v) is 15.6. The molecule has 2 unspecified atom stereocenters. The minimum Gasteiger partial charge on any atom is -0.461 e. The third kappa shape index (κ3) is 4.90. The molecule has 0 amide bonds.